The number of ether oxygens (including phenoxy) is 2. The smallest absolute Gasteiger partial charge is 0.280 e. The Bertz CT molecular complexity index is 1010. The molecule has 27 heavy (non-hydrogen) atoms. The van der Waals surface area contributed by atoms with Crippen LogP contribution in [0, 0.1) is 0 Å². The first kappa shape index (κ1) is 18.9. The summed E-state index contributed by atoms with van der Waals surface area (Å²) in [4.78, 5) is 13.1. The Balaban J connectivity index is 2.09. The summed E-state index contributed by atoms with van der Waals surface area (Å²) in [7, 11) is -1.04. The molecule has 0 saturated carbocycles. The summed E-state index contributed by atoms with van der Waals surface area (Å²) in [6, 6.07) is 15.6. The van der Waals surface area contributed by atoms with E-state index in [4.69, 9.17) is 9.47 Å². The molecule has 0 N–H and O–H groups in total. The van der Waals surface area contributed by atoms with Crippen molar-refractivity contribution in [3.63, 3.8) is 0 Å². The van der Waals surface area contributed by atoms with Crippen LogP contribution in [0.1, 0.15) is 10.4 Å². The van der Waals surface area contributed by atoms with Crippen molar-refractivity contribution in [2.24, 2.45) is 0 Å². The van der Waals surface area contributed by atoms with Crippen LogP contribution in [0.25, 0.3) is 0 Å². The molecule has 0 saturated heterocycles. The SMILES string of the molecule is COc1ccc(C(=O)N(c2ccc(OC)cc2)S(=O)(=O)c2cccs2)cc1. The van der Waals surface area contributed by atoms with Crippen LogP contribution < -0.4 is 13.8 Å². The number of anilines is 1. The van der Waals surface area contributed by atoms with Crippen molar-refractivity contribution in [1.82, 2.24) is 0 Å². The van der Waals surface area contributed by atoms with E-state index in [1.165, 1.54) is 44.6 Å². The van der Waals surface area contributed by atoms with Crippen LogP contribution in [-0.2, 0) is 10.0 Å². The normalized spacial score (nSPS) is 11.0. The number of nitrogens with zero attached hydrogens (tertiary/aromatic N) is 1. The zero-order valence-electron chi connectivity index (χ0n) is 14.7. The molecule has 0 spiro atoms. The van der Waals surface area contributed by atoms with Gasteiger partial charge in [0.15, 0.2) is 0 Å². The zero-order valence-corrected chi connectivity index (χ0v) is 16.3. The van der Waals surface area contributed by atoms with Crippen molar-refractivity contribution >= 4 is 33.0 Å². The van der Waals surface area contributed by atoms with Crippen molar-refractivity contribution in [3.05, 3.63) is 71.6 Å². The molecule has 1 heterocycles. The van der Waals surface area contributed by atoms with Gasteiger partial charge >= 0.3 is 0 Å². The van der Waals surface area contributed by atoms with Crippen LogP contribution in [-0.4, -0.2) is 28.5 Å². The van der Waals surface area contributed by atoms with Crippen LogP contribution in [0.3, 0.4) is 0 Å². The van der Waals surface area contributed by atoms with Crippen molar-refractivity contribution in [2.75, 3.05) is 18.5 Å². The lowest BCUT2D eigenvalue weighted by molar-refractivity contribution is 0.101. The topological polar surface area (TPSA) is 72.9 Å². The van der Waals surface area contributed by atoms with Gasteiger partial charge < -0.3 is 9.47 Å². The minimum absolute atomic E-state index is 0.0835. The molecular formula is C19H17NO5S2. The van der Waals surface area contributed by atoms with Crippen molar-refractivity contribution < 1.29 is 22.7 Å². The lowest BCUT2D eigenvalue weighted by Crippen LogP contribution is -2.36. The van der Waals surface area contributed by atoms with E-state index in [9.17, 15) is 13.2 Å². The molecule has 8 heteroatoms. The number of amides is 1. The fourth-order valence-electron chi connectivity index (χ4n) is 2.43. The maximum absolute atomic E-state index is 13.1. The quantitative estimate of drug-likeness (QED) is 0.626. The first-order valence-electron chi connectivity index (χ1n) is 7.88. The molecular weight excluding hydrogens is 386 g/mol. The Labute approximate surface area is 161 Å². The fourth-order valence-corrected chi connectivity index (χ4v) is 4.91. The van der Waals surface area contributed by atoms with Gasteiger partial charge in [-0.3, -0.25) is 4.79 Å². The van der Waals surface area contributed by atoms with Gasteiger partial charge in [0.2, 0.25) is 0 Å². The highest BCUT2D eigenvalue weighted by Crippen LogP contribution is 2.30. The highest BCUT2D eigenvalue weighted by atomic mass is 32.2. The number of hydrogen-bond donors (Lipinski definition) is 0. The Kier molecular flexibility index (Phi) is 5.48. The number of thiophene rings is 1. The third kappa shape index (κ3) is 3.81. The summed E-state index contributed by atoms with van der Waals surface area (Å²) >= 11 is 1.05. The first-order chi connectivity index (χ1) is 13.0. The van der Waals surface area contributed by atoms with Gasteiger partial charge in [-0.1, -0.05) is 6.07 Å². The molecule has 0 aliphatic heterocycles. The maximum atomic E-state index is 13.1. The molecule has 0 atom stereocenters. The molecule has 140 valence electrons. The number of rotatable bonds is 6. The third-order valence-corrected chi connectivity index (χ3v) is 6.90. The van der Waals surface area contributed by atoms with E-state index in [1.807, 2.05) is 0 Å². The Morgan fingerprint density at radius 1 is 0.889 bits per heavy atom. The van der Waals surface area contributed by atoms with E-state index in [0.29, 0.717) is 11.5 Å². The molecule has 2 aromatic carbocycles. The summed E-state index contributed by atoms with van der Waals surface area (Å²) in [5.41, 5.74) is 0.455. The van der Waals surface area contributed by atoms with Gasteiger partial charge in [0.05, 0.1) is 19.9 Å². The number of sulfonamides is 1. The van der Waals surface area contributed by atoms with E-state index in [-0.39, 0.29) is 15.5 Å². The van der Waals surface area contributed by atoms with Gasteiger partial charge in [-0.25, -0.2) is 0 Å². The third-order valence-electron chi connectivity index (χ3n) is 3.82. The number of hydrogen-bond acceptors (Lipinski definition) is 6. The number of carbonyl (C=O) groups excluding carboxylic acids is 1. The summed E-state index contributed by atoms with van der Waals surface area (Å²) in [5.74, 6) is 0.476. The Morgan fingerprint density at radius 2 is 1.44 bits per heavy atom. The monoisotopic (exact) mass is 403 g/mol. The second-order valence-electron chi connectivity index (χ2n) is 5.43. The minimum Gasteiger partial charge on any atom is -0.497 e. The second kappa shape index (κ2) is 7.81. The van der Waals surface area contributed by atoms with Crippen molar-refractivity contribution in [1.29, 1.82) is 0 Å². The van der Waals surface area contributed by atoms with E-state index in [1.54, 1.807) is 35.7 Å². The average Bonchev–Trinajstić information content (AvgIpc) is 3.24. The van der Waals surface area contributed by atoms with Gasteiger partial charge in [-0.15, -0.1) is 11.3 Å². The van der Waals surface area contributed by atoms with Crippen LogP contribution in [0.5, 0.6) is 11.5 Å². The highest BCUT2D eigenvalue weighted by Gasteiger charge is 2.32. The van der Waals surface area contributed by atoms with Crippen molar-refractivity contribution in [2.45, 2.75) is 4.21 Å². The Morgan fingerprint density at radius 3 is 1.93 bits per heavy atom. The summed E-state index contributed by atoms with van der Waals surface area (Å²) in [6.07, 6.45) is 0. The molecule has 0 fully saturated rings. The van der Waals surface area contributed by atoms with Crippen LogP contribution in [0.2, 0.25) is 0 Å². The average molecular weight is 403 g/mol. The predicted molar refractivity (Wildman–Crippen MR) is 104 cm³/mol. The van der Waals surface area contributed by atoms with Crippen LogP contribution >= 0.6 is 11.3 Å². The molecule has 0 radical (unpaired) electrons. The van der Waals surface area contributed by atoms with Crippen LogP contribution in [0.4, 0.5) is 5.69 Å². The fraction of sp³-hybridized carbons (Fsp3) is 0.105. The highest BCUT2D eigenvalue weighted by molar-refractivity contribution is 7.95. The largest absolute Gasteiger partial charge is 0.497 e. The summed E-state index contributed by atoms with van der Waals surface area (Å²) < 4.78 is 37.4. The van der Waals surface area contributed by atoms with Gasteiger partial charge in [0.1, 0.15) is 15.7 Å². The Hall–Kier alpha value is -2.84. The number of carbonyl (C=O) groups is 1. The van der Waals surface area contributed by atoms with E-state index in [2.05, 4.69) is 0 Å². The van der Waals surface area contributed by atoms with Gasteiger partial charge in [0, 0.05) is 5.56 Å². The van der Waals surface area contributed by atoms with E-state index < -0.39 is 15.9 Å². The van der Waals surface area contributed by atoms with Gasteiger partial charge in [-0.2, -0.15) is 12.7 Å². The van der Waals surface area contributed by atoms with Crippen molar-refractivity contribution in [3.8, 4) is 11.5 Å². The van der Waals surface area contributed by atoms with Gasteiger partial charge in [-0.05, 0) is 60.0 Å². The standard InChI is InChI=1S/C19H17NO5S2/c1-24-16-9-5-14(6-10-16)19(21)20(15-7-11-17(25-2)12-8-15)27(22,23)18-4-3-13-26-18/h3-13H,1-2H3. The molecule has 1 amide bonds. The van der Waals surface area contributed by atoms with Gasteiger partial charge in [0.25, 0.3) is 15.9 Å². The predicted octanol–water partition coefficient (Wildman–Crippen LogP) is 3.80. The zero-order chi connectivity index (χ0) is 19.4. The molecule has 0 aliphatic carbocycles. The molecule has 3 aromatic rings. The molecule has 3 rings (SSSR count). The molecule has 1 aromatic heterocycles. The first-order valence-corrected chi connectivity index (χ1v) is 10.2. The minimum atomic E-state index is -4.06. The molecule has 0 aliphatic rings. The van der Waals surface area contributed by atoms with E-state index >= 15 is 0 Å². The molecule has 6 nitrogen and oxygen atoms in total. The second-order valence-corrected chi connectivity index (χ2v) is 8.39. The van der Waals surface area contributed by atoms with E-state index in [0.717, 1.165) is 15.6 Å². The number of methoxy groups -OCH3 is 2. The summed E-state index contributed by atoms with van der Waals surface area (Å²) in [5, 5.41) is 1.65. The maximum Gasteiger partial charge on any atom is 0.280 e. The number of benzene rings is 2. The summed E-state index contributed by atoms with van der Waals surface area (Å²) in [6.45, 7) is 0. The molecule has 0 unspecified atom stereocenters. The lowest BCUT2D eigenvalue weighted by Gasteiger charge is -2.22. The van der Waals surface area contributed by atoms with Crippen LogP contribution in [0.15, 0.2) is 70.3 Å². The lowest BCUT2D eigenvalue weighted by atomic mass is 10.2. The molecule has 0 bridgehead atoms.